The van der Waals surface area contributed by atoms with Crippen LogP contribution in [0.4, 0.5) is 0 Å². The summed E-state index contributed by atoms with van der Waals surface area (Å²) in [5.74, 6) is 0.939. The lowest BCUT2D eigenvalue weighted by molar-refractivity contribution is 0.101. The molecule has 0 amide bonds. The zero-order valence-corrected chi connectivity index (χ0v) is 13.1. The normalized spacial score (nSPS) is 12.6. The van der Waals surface area contributed by atoms with Crippen molar-refractivity contribution in [1.82, 2.24) is 0 Å². The SMILES string of the molecule is CC=CC(CCCCC)Oc1ccc(C(C)=O)c(C)c1. The van der Waals surface area contributed by atoms with Gasteiger partial charge in [0.25, 0.3) is 0 Å². The summed E-state index contributed by atoms with van der Waals surface area (Å²) in [4.78, 5) is 11.4. The second-order valence-corrected chi connectivity index (χ2v) is 5.21. The molecule has 0 bridgehead atoms. The van der Waals surface area contributed by atoms with Gasteiger partial charge in [0, 0.05) is 5.56 Å². The van der Waals surface area contributed by atoms with Gasteiger partial charge in [0.2, 0.25) is 0 Å². The minimum absolute atomic E-state index is 0.0991. The van der Waals surface area contributed by atoms with E-state index in [1.54, 1.807) is 6.92 Å². The molecule has 0 radical (unpaired) electrons. The number of aryl methyl sites for hydroxylation is 1. The number of hydrogen-bond acceptors (Lipinski definition) is 2. The molecule has 20 heavy (non-hydrogen) atoms. The van der Waals surface area contributed by atoms with Crippen molar-refractivity contribution in [3.8, 4) is 5.75 Å². The van der Waals surface area contributed by atoms with E-state index in [0.29, 0.717) is 0 Å². The standard InChI is InChI=1S/C18H26O2/c1-5-7-8-10-16(9-6-2)20-17-11-12-18(15(4)19)14(3)13-17/h6,9,11-13,16H,5,7-8,10H2,1-4H3. The summed E-state index contributed by atoms with van der Waals surface area (Å²) in [5.41, 5.74) is 1.74. The zero-order chi connectivity index (χ0) is 15.0. The summed E-state index contributed by atoms with van der Waals surface area (Å²) in [7, 11) is 0. The van der Waals surface area contributed by atoms with Crippen LogP contribution in [-0.4, -0.2) is 11.9 Å². The fraction of sp³-hybridized carbons (Fsp3) is 0.500. The minimum Gasteiger partial charge on any atom is -0.486 e. The molecule has 1 rings (SSSR count). The van der Waals surface area contributed by atoms with E-state index in [9.17, 15) is 4.79 Å². The van der Waals surface area contributed by atoms with E-state index in [-0.39, 0.29) is 11.9 Å². The summed E-state index contributed by atoms with van der Waals surface area (Å²) in [5, 5.41) is 0. The number of unbranched alkanes of at least 4 members (excludes halogenated alkanes) is 2. The van der Waals surface area contributed by atoms with Gasteiger partial charge >= 0.3 is 0 Å². The molecule has 1 aromatic carbocycles. The van der Waals surface area contributed by atoms with Crippen LogP contribution in [0.3, 0.4) is 0 Å². The third kappa shape index (κ3) is 5.20. The Morgan fingerprint density at radius 1 is 1.35 bits per heavy atom. The highest BCUT2D eigenvalue weighted by atomic mass is 16.5. The largest absolute Gasteiger partial charge is 0.486 e. The lowest BCUT2D eigenvalue weighted by Gasteiger charge is -2.16. The summed E-state index contributed by atoms with van der Waals surface area (Å²) in [6, 6.07) is 5.69. The molecular weight excluding hydrogens is 248 g/mol. The molecule has 1 unspecified atom stereocenters. The van der Waals surface area contributed by atoms with E-state index >= 15 is 0 Å². The van der Waals surface area contributed by atoms with Crippen molar-refractivity contribution in [3.05, 3.63) is 41.5 Å². The minimum atomic E-state index is 0.0991. The first-order valence-electron chi connectivity index (χ1n) is 7.49. The van der Waals surface area contributed by atoms with Crippen LogP contribution in [0.15, 0.2) is 30.4 Å². The van der Waals surface area contributed by atoms with Gasteiger partial charge < -0.3 is 4.74 Å². The number of benzene rings is 1. The smallest absolute Gasteiger partial charge is 0.160 e. The first-order chi connectivity index (χ1) is 9.58. The van der Waals surface area contributed by atoms with Crippen LogP contribution < -0.4 is 4.74 Å². The first-order valence-corrected chi connectivity index (χ1v) is 7.49. The molecule has 0 aliphatic rings. The average molecular weight is 274 g/mol. The maximum Gasteiger partial charge on any atom is 0.160 e. The number of rotatable bonds is 8. The predicted molar refractivity (Wildman–Crippen MR) is 84.6 cm³/mol. The van der Waals surface area contributed by atoms with Gasteiger partial charge in [-0.05, 0) is 63.5 Å². The van der Waals surface area contributed by atoms with Gasteiger partial charge in [-0.25, -0.2) is 0 Å². The Balaban J connectivity index is 2.73. The third-order valence-corrected chi connectivity index (χ3v) is 3.36. The number of ether oxygens (including phenoxy) is 1. The Hall–Kier alpha value is -1.57. The fourth-order valence-corrected chi connectivity index (χ4v) is 2.28. The molecule has 0 saturated heterocycles. The predicted octanol–water partition coefficient (Wildman–Crippen LogP) is 5.10. The maximum absolute atomic E-state index is 11.4. The van der Waals surface area contributed by atoms with E-state index in [4.69, 9.17) is 4.74 Å². The van der Waals surface area contributed by atoms with Gasteiger partial charge in [-0.3, -0.25) is 4.79 Å². The highest BCUT2D eigenvalue weighted by Gasteiger charge is 2.09. The molecule has 2 heteroatoms. The maximum atomic E-state index is 11.4. The second-order valence-electron chi connectivity index (χ2n) is 5.21. The third-order valence-electron chi connectivity index (χ3n) is 3.36. The molecule has 1 atom stereocenters. The lowest BCUT2D eigenvalue weighted by Crippen LogP contribution is -2.13. The summed E-state index contributed by atoms with van der Waals surface area (Å²) < 4.78 is 6.02. The van der Waals surface area contributed by atoms with Crippen molar-refractivity contribution < 1.29 is 9.53 Å². The van der Waals surface area contributed by atoms with Gasteiger partial charge in [0.1, 0.15) is 11.9 Å². The average Bonchev–Trinajstić information content (AvgIpc) is 2.39. The van der Waals surface area contributed by atoms with Crippen LogP contribution in [0.25, 0.3) is 0 Å². The van der Waals surface area contributed by atoms with Crippen LogP contribution in [0, 0.1) is 6.92 Å². The number of carbonyl (C=O) groups is 1. The molecular formula is C18H26O2. The number of Topliss-reactive ketones (excluding diaryl/α,β-unsaturated/α-hetero) is 1. The molecule has 110 valence electrons. The number of hydrogen-bond donors (Lipinski definition) is 0. The summed E-state index contributed by atoms with van der Waals surface area (Å²) in [6.07, 6.45) is 8.92. The topological polar surface area (TPSA) is 26.3 Å². The van der Waals surface area contributed by atoms with E-state index in [1.807, 2.05) is 38.1 Å². The van der Waals surface area contributed by atoms with Crippen LogP contribution in [0.5, 0.6) is 5.75 Å². The van der Waals surface area contributed by atoms with Crippen molar-refractivity contribution in [2.24, 2.45) is 0 Å². The van der Waals surface area contributed by atoms with Crippen molar-refractivity contribution in [2.45, 2.75) is 59.5 Å². The van der Waals surface area contributed by atoms with E-state index in [1.165, 1.54) is 19.3 Å². The van der Waals surface area contributed by atoms with Gasteiger partial charge in [0.15, 0.2) is 5.78 Å². The first kappa shape index (κ1) is 16.5. The van der Waals surface area contributed by atoms with Crippen LogP contribution >= 0.6 is 0 Å². The second kappa shape index (κ2) is 8.57. The van der Waals surface area contributed by atoms with Gasteiger partial charge in [0.05, 0.1) is 0 Å². The quantitative estimate of drug-likeness (QED) is 0.374. The Bertz CT molecular complexity index is 460. The highest BCUT2D eigenvalue weighted by Crippen LogP contribution is 2.20. The highest BCUT2D eigenvalue weighted by molar-refractivity contribution is 5.95. The summed E-state index contributed by atoms with van der Waals surface area (Å²) in [6.45, 7) is 7.76. The number of carbonyl (C=O) groups excluding carboxylic acids is 1. The molecule has 0 saturated carbocycles. The van der Waals surface area contributed by atoms with E-state index < -0.39 is 0 Å². The van der Waals surface area contributed by atoms with Crippen molar-refractivity contribution in [3.63, 3.8) is 0 Å². The molecule has 0 spiro atoms. The van der Waals surface area contributed by atoms with Crippen LogP contribution in [0.1, 0.15) is 62.4 Å². The number of allylic oxidation sites excluding steroid dienone is 1. The zero-order valence-electron chi connectivity index (χ0n) is 13.1. The van der Waals surface area contributed by atoms with Crippen LogP contribution in [0.2, 0.25) is 0 Å². The molecule has 1 aromatic rings. The molecule has 0 fully saturated rings. The van der Waals surface area contributed by atoms with E-state index in [0.717, 1.165) is 23.3 Å². The fourth-order valence-electron chi connectivity index (χ4n) is 2.28. The Kier molecular flexibility index (Phi) is 7.06. The van der Waals surface area contributed by atoms with E-state index in [2.05, 4.69) is 13.0 Å². The Morgan fingerprint density at radius 2 is 2.10 bits per heavy atom. The van der Waals surface area contributed by atoms with Crippen molar-refractivity contribution in [2.75, 3.05) is 0 Å². The van der Waals surface area contributed by atoms with Gasteiger partial charge in [-0.15, -0.1) is 0 Å². The van der Waals surface area contributed by atoms with Crippen molar-refractivity contribution in [1.29, 1.82) is 0 Å². The number of ketones is 1. The molecule has 0 heterocycles. The molecule has 0 aliphatic heterocycles. The Labute approximate surface area is 122 Å². The lowest BCUT2D eigenvalue weighted by atomic mass is 10.1. The molecule has 0 aromatic heterocycles. The Morgan fingerprint density at radius 3 is 2.65 bits per heavy atom. The van der Waals surface area contributed by atoms with Crippen LogP contribution in [-0.2, 0) is 0 Å². The summed E-state index contributed by atoms with van der Waals surface area (Å²) >= 11 is 0. The van der Waals surface area contributed by atoms with Crippen molar-refractivity contribution >= 4 is 5.78 Å². The molecule has 2 nitrogen and oxygen atoms in total. The van der Waals surface area contributed by atoms with Gasteiger partial charge in [-0.2, -0.15) is 0 Å². The monoisotopic (exact) mass is 274 g/mol. The van der Waals surface area contributed by atoms with Gasteiger partial charge in [-0.1, -0.05) is 25.8 Å². The molecule has 0 N–H and O–H groups in total. The molecule has 0 aliphatic carbocycles.